The van der Waals surface area contributed by atoms with Gasteiger partial charge in [0.15, 0.2) is 0 Å². The molecule has 102 valence electrons. The summed E-state index contributed by atoms with van der Waals surface area (Å²) in [5.74, 6) is 5.67. The van der Waals surface area contributed by atoms with Crippen molar-refractivity contribution < 1.29 is 0 Å². The number of hydrazine groups is 1. The normalized spacial score (nSPS) is 12.7. The van der Waals surface area contributed by atoms with Crippen LogP contribution in [0.25, 0.3) is 0 Å². The predicted octanol–water partition coefficient (Wildman–Crippen LogP) is 3.81. The van der Waals surface area contributed by atoms with Gasteiger partial charge in [-0.3, -0.25) is 11.3 Å². The zero-order valence-corrected chi connectivity index (χ0v) is 13.0. The Balaban J connectivity index is 2.26. The van der Waals surface area contributed by atoms with Crippen LogP contribution in [0.1, 0.15) is 27.2 Å². The summed E-state index contributed by atoms with van der Waals surface area (Å²) in [6, 6.07) is 5.51. The lowest BCUT2D eigenvalue weighted by molar-refractivity contribution is 0.557. The Labute approximate surface area is 126 Å². The first kappa shape index (κ1) is 14.8. The van der Waals surface area contributed by atoms with Crippen molar-refractivity contribution in [3.05, 3.63) is 49.4 Å². The van der Waals surface area contributed by atoms with Crippen molar-refractivity contribution >= 4 is 34.5 Å². The van der Waals surface area contributed by atoms with E-state index in [9.17, 15) is 0 Å². The van der Waals surface area contributed by atoms with Crippen LogP contribution in [0.2, 0.25) is 10.0 Å². The number of nitrogens with zero attached hydrogens (tertiary/aromatic N) is 1. The fourth-order valence-electron chi connectivity index (χ4n) is 2.00. The first-order valence-corrected chi connectivity index (χ1v) is 7.42. The Morgan fingerprint density at radius 3 is 2.63 bits per heavy atom. The van der Waals surface area contributed by atoms with Crippen LogP contribution in [0.4, 0.5) is 0 Å². The van der Waals surface area contributed by atoms with Crippen LogP contribution in [-0.2, 0) is 6.42 Å². The Hall–Kier alpha value is -0.650. The average Bonchev–Trinajstić information content (AvgIpc) is 2.68. The summed E-state index contributed by atoms with van der Waals surface area (Å²) in [5, 5.41) is 2.33. The summed E-state index contributed by atoms with van der Waals surface area (Å²) in [4.78, 5) is 5.57. The van der Waals surface area contributed by atoms with Gasteiger partial charge in [0.2, 0.25) is 0 Å². The lowest BCUT2D eigenvalue weighted by Crippen LogP contribution is -2.29. The van der Waals surface area contributed by atoms with Crippen molar-refractivity contribution in [3.63, 3.8) is 0 Å². The fourth-order valence-corrected chi connectivity index (χ4v) is 3.48. The molecule has 1 atom stereocenters. The van der Waals surface area contributed by atoms with E-state index in [0.717, 1.165) is 21.1 Å². The van der Waals surface area contributed by atoms with E-state index in [1.165, 1.54) is 0 Å². The fraction of sp³-hybridized carbons (Fsp3) is 0.308. The number of hydrogen-bond donors (Lipinski definition) is 2. The van der Waals surface area contributed by atoms with E-state index in [0.29, 0.717) is 16.5 Å². The molecule has 0 radical (unpaired) electrons. The second-order valence-corrected chi connectivity index (χ2v) is 6.42. The van der Waals surface area contributed by atoms with Gasteiger partial charge in [0.1, 0.15) is 0 Å². The molecule has 6 heteroatoms. The van der Waals surface area contributed by atoms with Gasteiger partial charge in [0, 0.05) is 14.9 Å². The molecule has 2 rings (SSSR count). The quantitative estimate of drug-likeness (QED) is 0.666. The number of aromatic nitrogens is 1. The van der Waals surface area contributed by atoms with Crippen molar-refractivity contribution in [1.29, 1.82) is 0 Å². The molecule has 3 nitrogen and oxygen atoms in total. The van der Waals surface area contributed by atoms with Crippen LogP contribution in [0.5, 0.6) is 0 Å². The highest BCUT2D eigenvalue weighted by molar-refractivity contribution is 7.11. The Kier molecular flexibility index (Phi) is 4.81. The zero-order valence-electron chi connectivity index (χ0n) is 10.7. The van der Waals surface area contributed by atoms with Crippen molar-refractivity contribution in [2.24, 2.45) is 5.84 Å². The topological polar surface area (TPSA) is 50.9 Å². The Bertz CT molecular complexity index is 583. The maximum absolute atomic E-state index is 6.20. The standard InChI is InChI=1S/C13H15Cl2N3S/c1-7-13(19-8(2)17-7)12(18-16)5-9-3-4-10(14)6-11(9)15/h3-4,6,12,18H,5,16H2,1-2H3. The van der Waals surface area contributed by atoms with E-state index < -0.39 is 0 Å². The minimum Gasteiger partial charge on any atom is -0.271 e. The van der Waals surface area contributed by atoms with E-state index in [-0.39, 0.29) is 6.04 Å². The monoisotopic (exact) mass is 315 g/mol. The number of hydrogen-bond acceptors (Lipinski definition) is 4. The Morgan fingerprint density at radius 1 is 1.37 bits per heavy atom. The van der Waals surface area contributed by atoms with E-state index >= 15 is 0 Å². The maximum atomic E-state index is 6.20. The van der Waals surface area contributed by atoms with Crippen LogP contribution in [0.3, 0.4) is 0 Å². The van der Waals surface area contributed by atoms with Gasteiger partial charge in [-0.05, 0) is 38.0 Å². The van der Waals surface area contributed by atoms with Crippen LogP contribution >= 0.6 is 34.5 Å². The number of aryl methyl sites for hydroxylation is 2. The van der Waals surface area contributed by atoms with E-state index in [1.807, 2.05) is 26.0 Å². The summed E-state index contributed by atoms with van der Waals surface area (Å²) in [6.45, 7) is 3.98. The molecule has 0 spiro atoms. The molecule has 0 fully saturated rings. The van der Waals surface area contributed by atoms with Gasteiger partial charge in [-0.15, -0.1) is 11.3 Å². The molecular formula is C13H15Cl2N3S. The molecule has 0 bridgehead atoms. The highest BCUT2D eigenvalue weighted by atomic mass is 35.5. The molecule has 1 aromatic heterocycles. The molecule has 0 aliphatic heterocycles. The maximum Gasteiger partial charge on any atom is 0.0900 e. The molecule has 3 N–H and O–H groups in total. The first-order valence-electron chi connectivity index (χ1n) is 5.85. The van der Waals surface area contributed by atoms with Gasteiger partial charge in [-0.1, -0.05) is 29.3 Å². The minimum absolute atomic E-state index is 0.00451. The van der Waals surface area contributed by atoms with Crippen molar-refractivity contribution in [2.45, 2.75) is 26.3 Å². The van der Waals surface area contributed by atoms with Crippen LogP contribution in [0.15, 0.2) is 18.2 Å². The first-order chi connectivity index (χ1) is 9.01. The molecule has 0 amide bonds. The van der Waals surface area contributed by atoms with Gasteiger partial charge in [-0.25, -0.2) is 4.98 Å². The lowest BCUT2D eigenvalue weighted by Gasteiger charge is -2.16. The highest BCUT2D eigenvalue weighted by Gasteiger charge is 2.18. The van der Waals surface area contributed by atoms with Crippen molar-refractivity contribution in [2.75, 3.05) is 0 Å². The number of halogens is 2. The number of nitrogens with one attached hydrogen (secondary N) is 1. The summed E-state index contributed by atoms with van der Waals surface area (Å²) >= 11 is 13.8. The molecule has 0 saturated carbocycles. The molecule has 1 heterocycles. The molecule has 1 unspecified atom stereocenters. The molecule has 1 aromatic carbocycles. The number of benzene rings is 1. The third-order valence-electron chi connectivity index (χ3n) is 2.90. The molecule has 2 aromatic rings. The minimum atomic E-state index is 0.00451. The van der Waals surface area contributed by atoms with Crippen LogP contribution in [0, 0.1) is 13.8 Å². The Morgan fingerprint density at radius 2 is 2.11 bits per heavy atom. The molecule has 0 aliphatic rings. The third-order valence-corrected chi connectivity index (χ3v) is 4.67. The van der Waals surface area contributed by atoms with E-state index in [4.69, 9.17) is 29.0 Å². The summed E-state index contributed by atoms with van der Waals surface area (Å²) in [7, 11) is 0. The van der Waals surface area contributed by atoms with Crippen LogP contribution < -0.4 is 11.3 Å². The highest BCUT2D eigenvalue weighted by Crippen LogP contribution is 2.30. The second-order valence-electron chi connectivity index (χ2n) is 4.34. The van der Waals surface area contributed by atoms with Crippen LogP contribution in [-0.4, -0.2) is 4.98 Å². The van der Waals surface area contributed by atoms with Gasteiger partial charge >= 0.3 is 0 Å². The van der Waals surface area contributed by atoms with E-state index in [1.54, 1.807) is 17.4 Å². The second kappa shape index (κ2) is 6.20. The zero-order chi connectivity index (χ0) is 14.0. The van der Waals surface area contributed by atoms with Crippen molar-refractivity contribution in [1.82, 2.24) is 10.4 Å². The smallest absolute Gasteiger partial charge is 0.0900 e. The lowest BCUT2D eigenvalue weighted by atomic mass is 10.0. The molecule has 0 aliphatic carbocycles. The summed E-state index contributed by atoms with van der Waals surface area (Å²) in [5.41, 5.74) is 4.86. The van der Waals surface area contributed by atoms with E-state index in [2.05, 4.69) is 10.4 Å². The van der Waals surface area contributed by atoms with Gasteiger partial charge in [-0.2, -0.15) is 0 Å². The predicted molar refractivity (Wildman–Crippen MR) is 81.8 cm³/mol. The largest absolute Gasteiger partial charge is 0.271 e. The SMILES string of the molecule is Cc1nc(C)c(C(Cc2ccc(Cl)cc2Cl)NN)s1. The third kappa shape index (κ3) is 3.46. The van der Waals surface area contributed by atoms with Crippen molar-refractivity contribution in [3.8, 4) is 0 Å². The van der Waals surface area contributed by atoms with Gasteiger partial charge in [0.05, 0.1) is 16.7 Å². The molecular weight excluding hydrogens is 301 g/mol. The summed E-state index contributed by atoms with van der Waals surface area (Å²) in [6.07, 6.45) is 0.703. The summed E-state index contributed by atoms with van der Waals surface area (Å²) < 4.78 is 0. The number of rotatable bonds is 4. The van der Waals surface area contributed by atoms with Gasteiger partial charge < -0.3 is 0 Å². The van der Waals surface area contributed by atoms with Gasteiger partial charge in [0.25, 0.3) is 0 Å². The number of thiazole rings is 1. The average molecular weight is 316 g/mol. The molecule has 0 saturated heterocycles. The molecule has 19 heavy (non-hydrogen) atoms. The number of nitrogens with two attached hydrogens (primary N) is 1.